The number of aromatic nitrogens is 1. The molecule has 4 nitrogen and oxygen atoms in total. The third-order valence-electron chi connectivity index (χ3n) is 4.78. The van der Waals surface area contributed by atoms with Crippen molar-refractivity contribution >= 4 is 17.2 Å². The van der Waals surface area contributed by atoms with E-state index in [4.69, 9.17) is 4.74 Å². The Balaban J connectivity index is 1.61. The van der Waals surface area contributed by atoms with Crippen LogP contribution in [0.4, 0.5) is 0 Å². The molecule has 1 saturated heterocycles. The molecule has 0 unspecified atom stereocenters. The molecule has 0 saturated carbocycles. The Morgan fingerprint density at radius 1 is 1.38 bits per heavy atom. The van der Waals surface area contributed by atoms with Crippen molar-refractivity contribution in [1.82, 2.24) is 9.88 Å². The highest BCUT2D eigenvalue weighted by atomic mass is 32.1. The molecule has 0 N–H and O–H groups in total. The number of thiazole rings is 1. The van der Waals surface area contributed by atoms with Gasteiger partial charge in [-0.3, -0.25) is 4.79 Å². The number of ether oxygens (including phenoxy) is 1. The van der Waals surface area contributed by atoms with Crippen molar-refractivity contribution in [2.24, 2.45) is 5.92 Å². The van der Waals surface area contributed by atoms with Crippen molar-refractivity contribution < 1.29 is 9.53 Å². The minimum absolute atomic E-state index is 0.132. The van der Waals surface area contributed by atoms with Crippen LogP contribution in [0.3, 0.4) is 0 Å². The van der Waals surface area contributed by atoms with Gasteiger partial charge in [0.15, 0.2) is 0 Å². The zero-order valence-electron chi connectivity index (χ0n) is 16.1. The van der Waals surface area contributed by atoms with Crippen LogP contribution < -0.4 is 4.74 Å². The molecular formula is C21H28N2O2S. The van der Waals surface area contributed by atoms with Crippen LogP contribution in [0.25, 0.3) is 0 Å². The average Bonchev–Trinajstić information content (AvgIpc) is 3.02. The number of likely N-dealkylation sites (tertiary alicyclic amines) is 1. The lowest BCUT2D eigenvalue weighted by Gasteiger charge is -2.32. The molecule has 1 amide bonds. The second kappa shape index (κ2) is 8.21. The molecule has 1 aliphatic rings. The maximum absolute atomic E-state index is 13.0. The summed E-state index contributed by atoms with van der Waals surface area (Å²) in [6.45, 7) is 10.5. The van der Waals surface area contributed by atoms with E-state index in [2.05, 4.69) is 37.9 Å². The largest absolute Gasteiger partial charge is 0.493 e. The number of piperidine rings is 1. The smallest absolute Gasteiger partial charge is 0.265 e. The molecule has 26 heavy (non-hydrogen) atoms. The molecule has 1 atom stereocenters. The number of benzene rings is 1. The minimum Gasteiger partial charge on any atom is -0.493 e. The van der Waals surface area contributed by atoms with Crippen molar-refractivity contribution in [3.63, 3.8) is 0 Å². The number of nitrogens with zero attached hydrogens (tertiary/aromatic N) is 2. The highest BCUT2D eigenvalue weighted by Crippen LogP contribution is 2.27. The van der Waals surface area contributed by atoms with Crippen molar-refractivity contribution in [3.05, 3.63) is 45.4 Å². The Labute approximate surface area is 160 Å². The van der Waals surface area contributed by atoms with E-state index in [-0.39, 0.29) is 5.91 Å². The summed E-state index contributed by atoms with van der Waals surface area (Å²) in [5, 5.41) is 1.04. The van der Waals surface area contributed by atoms with E-state index in [1.165, 1.54) is 5.56 Å². The second-order valence-corrected chi connectivity index (χ2v) is 8.54. The fourth-order valence-corrected chi connectivity index (χ4v) is 4.35. The first-order chi connectivity index (χ1) is 12.4. The molecular weight excluding hydrogens is 344 g/mol. The zero-order chi connectivity index (χ0) is 18.7. The van der Waals surface area contributed by atoms with Gasteiger partial charge in [0.05, 0.1) is 17.3 Å². The number of rotatable bonds is 5. The van der Waals surface area contributed by atoms with E-state index >= 15 is 0 Å². The SMILES string of the molecule is Cc1cccc(OC[C@@H]2CCCN(C(=O)c3sc(C(C)C)nc3C)C2)c1. The van der Waals surface area contributed by atoms with Crippen molar-refractivity contribution in [2.45, 2.75) is 46.5 Å². The Morgan fingerprint density at radius 3 is 2.88 bits per heavy atom. The van der Waals surface area contributed by atoms with Crippen LogP contribution in [0.2, 0.25) is 0 Å². The van der Waals surface area contributed by atoms with Crippen molar-refractivity contribution in [3.8, 4) is 5.75 Å². The molecule has 0 spiro atoms. The maximum Gasteiger partial charge on any atom is 0.265 e. The predicted octanol–water partition coefficient (Wildman–Crippen LogP) is 4.81. The topological polar surface area (TPSA) is 42.4 Å². The molecule has 1 aliphatic heterocycles. The van der Waals surface area contributed by atoms with Gasteiger partial charge in [-0.15, -0.1) is 11.3 Å². The summed E-state index contributed by atoms with van der Waals surface area (Å²) in [4.78, 5) is 20.3. The minimum atomic E-state index is 0.132. The fraction of sp³-hybridized carbons (Fsp3) is 0.524. The van der Waals surface area contributed by atoms with E-state index < -0.39 is 0 Å². The van der Waals surface area contributed by atoms with Gasteiger partial charge in [-0.1, -0.05) is 26.0 Å². The highest BCUT2D eigenvalue weighted by molar-refractivity contribution is 7.13. The van der Waals surface area contributed by atoms with Crippen LogP contribution in [0.5, 0.6) is 5.75 Å². The molecule has 2 heterocycles. The van der Waals surface area contributed by atoms with Gasteiger partial charge in [-0.2, -0.15) is 0 Å². The van der Waals surface area contributed by atoms with E-state index in [1.807, 2.05) is 24.0 Å². The van der Waals surface area contributed by atoms with Crippen LogP contribution in [0.1, 0.15) is 58.5 Å². The van der Waals surface area contributed by atoms with Gasteiger partial charge in [-0.25, -0.2) is 4.98 Å². The van der Waals surface area contributed by atoms with Crippen molar-refractivity contribution in [1.29, 1.82) is 0 Å². The third-order valence-corrected chi connectivity index (χ3v) is 6.23. The molecule has 0 aliphatic carbocycles. The van der Waals surface area contributed by atoms with Gasteiger partial charge in [0, 0.05) is 24.9 Å². The number of amides is 1. The van der Waals surface area contributed by atoms with Crippen LogP contribution in [0, 0.1) is 19.8 Å². The fourth-order valence-electron chi connectivity index (χ4n) is 3.31. The molecule has 0 bridgehead atoms. The van der Waals surface area contributed by atoms with Crippen LogP contribution in [-0.2, 0) is 0 Å². The standard InChI is InChI=1S/C21H28N2O2S/c1-14(2)20-22-16(4)19(26-20)21(24)23-10-6-8-17(12-23)13-25-18-9-5-7-15(3)11-18/h5,7,9,11,14,17H,6,8,10,12-13H2,1-4H3/t17-/m1/s1. The normalized spacial score (nSPS) is 17.6. The number of carbonyl (C=O) groups is 1. The summed E-state index contributed by atoms with van der Waals surface area (Å²) in [5.41, 5.74) is 2.06. The van der Waals surface area contributed by atoms with Gasteiger partial charge in [-0.05, 0) is 44.4 Å². The molecule has 3 rings (SSSR count). The summed E-state index contributed by atoms with van der Waals surface area (Å²) in [5.74, 6) is 1.78. The van der Waals surface area contributed by atoms with Crippen molar-refractivity contribution in [2.75, 3.05) is 19.7 Å². The molecule has 5 heteroatoms. The van der Waals surface area contributed by atoms with Gasteiger partial charge < -0.3 is 9.64 Å². The summed E-state index contributed by atoms with van der Waals surface area (Å²) < 4.78 is 5.97. The van der Waals surface area contributed by atoms with Gasteiger partial charge in [0.2, 0.25) is 0 Å². The first kappa shape index (κ1) is 18.9. The number of hydrogen-bond donors (Lipinski definition) is 0. The van der Waals surface area contributed by atoms with Crippen LogP contribution in [0.15, 0.2) is 24.3 Å². The van der Waals surface area contributed by atoms with E-state index in [9.17, 15) is 4.79 Å². The maximum atomic E-state index is 13.0. The monoisotopic (exact) mass is 372 g/mol. The third kappa shape index (κ3) is 4.44. The van der Waals surface area contributed by atoms with E-state index in [0.717, 1.165) is 47.3 Å². The number of aryl methyl sites for hydroxylation is 2. The zero-order valence-corrected chi connectivity index (χ0v) is 16.9. The van der Waals surface area contributed by atoms with E-state index in [0.29, 0.717) is 18.4 Å². The molecule has 2 aromatic rings. The lowest BCUT2D eigenvalue weighted by atomic mass is 9.98. The Morgan fingerprint density at radius 2 is 2.19 bits per heavy atom. The second-order valence-electron chi connectivity index (χ2n) is 7.51. The molecule has 1 aromatic carbocycles. The lowest BCUT2D eigenvalue weighted by molar-refractivity contribution is 0.0637. The Bertz CT molecular complexity index is 769. The summed E-state index contributed by atoms with van der Waals surface area (Å²) in [6, 6.07) is 8.13. The Hall–Kier alpha value is -1.88. The summed E-state index contributed by atoms with van der Waals surface area (Å²) >= 11 is 1.55. The first-order valence-electron chi connectivity index (χ1n) is 9.40. The van der Waals surface area contributed by atoms with Gasteiger partial charge in [0.1, 0.15) is 10.6 Å². The summed E-state index contributed by atoms with van der Waals surface area (Å²) in [7, 11) is 0. The quantitative estimate of drug-likeness (QED) is 0.756. The molecule has 1 aromatic heterocycles. The van der Waals surface area contributed by atoms with Crippen LogP contribution in [-0.4, -0.2) is 35.5 Å². The number of hydrogen-bond acceptors (Lipinski definition) is 4. The molecule has 1 fully saturated rings. The van der Waals surface area contributed by atoms with Gasteiger partial charge in [0.25, 0.3) is 5.91 Å². The summed E-state index contributed by atoms with van der Waals surface area (Å²) in [6.07, 6.45) is 2.14. The predicted molar refractivity (Wildman–Crippen MR) is 106 cm³/mol. The average molecular weight is 373 g/mol. The molecule has 140 valence electrons. The first-order valence-corrected chi connectivity index (χ1v) is 10.2. The lowest BCUT2D eigenvalue weighted by Crippen LogP contribution is -2.41. The molecule has 0 radical (unpaired) electrons. The number of carbonyl (C=O) groups excluding carboxylic acids is 1. The Kier molecular flexibility index (Phi) is 5.97. The van der Waals surface area contributed by atoms with Gasteiger partial charge >= 0.3 is 0 Å². The van der Waals surface area contributed by atoms with Crippen LogP contribution >= 0.6 is 11.3 Å². The van der Waals surface area contributed by atoms with E-state index in [1.54, 1.807) is 11.3 Å². The highest BCUT2D eigenvalue weighted by Gasteiger charge is 2.27.